The van der Waals surface area contributed by atoms with Crippen molar-refractivity contribution in [2.45, 2.75) is 18.9 Å². The summed E-state index contributed by atoms with van der Waals surface area (Å²) in [6.07, 6.45) is 0.835. The quantitative estimate of drug-likeness (QED) is 0.840. The number of benzene rings is 2. The minimum absolute atomic E-state index is 0.0145. The second-order valence-corrected chi connectivity index (χ2v) is 8.07. The molecule has 2 heterocycles. The molecule has 0 radical (unpaired) electrons. The standard InChI is InChI=1S/C22H23N3O3S/c1-28-17-9-7-16(8-10-17)25-19(26)12-11-18(20(25)15-5-3-2-4-6-15)21(27)24-22-23-13-14-29-22/h2-10,18,20H,11-14H2,1H3,(H,23,24,27)/t18-,20+/m0/s1. The van der Waals surface area contributed by atoms with E-state index in [9.17, 15) is 9.59 Å². The number of ether oxygens (including phenoxy) is 1. The van der Waals surface area contributed by atoms with Crippen LogP contribution >= 0.6 is 11.8 Å². The molecule has 2 amide bonds. The molecule has 6 nitrogen and oxygen atoms in total. The first-order chi connectivity index (χ1) is 14.2. The summed E-state index contributed by atoms with van der Waals surface area (Å²) in [6.45, 7) is 0.726. The molecule has 2 aliphatic rings. The number of methoxy groups -OCH3 is 1. The van der Waals surface area contributed by atoms with Gasteiger partial charge >= 0.3 is 0 Å². The molecule has 0 unspecified atom stereocenters. The molecule has 0 bridgehead atoms. The maximum Gasteiger partial charge on any atom is 0.231 e. The Kier molecular flexibility index (Phi) is 5.85. The Labute approximate surface area is 174 Å². The van der Waals surface area contributed by atoms with E-state index in [4.69, 9.17) is 4.74 Å². The Balaban J connectivity index is 1.70. The average Bonchev–Trinajstić information content (AvgIpc) is 3.27. The van der Waals surface area contributed by atoms with Gasteiger partial charge in [0.15, 0.2) is 5.17 Å². The molecule has 1 N–H and O–H groups in total. The molecular formula is C22H23N3O3S. The van der Waals surface area contributed by atoms with Gasteiger partial charge in [-0.1, -0.05) is 42.1 Å². The fourth-order valence-corrected chi connectivity index (χ4v) is 4.59. The molecule has 2 aromatic rings. The summed E-state index contributed by atoms with van der Waals surface area (Å²) in [5, 5.41) is 3.65. The van der Waals surface area contributed by atoms with Crippen LogP contribution < -0.4 is 15.0 Å². The summed E-state index contributed by atoms with van der Waals surface area (Å²) >= 11 is 1.56. The SMILES string of the molecule is COc1ccc(N2C(=O)CC[C@H](C(=O)NC3=NCCS3)[C@H]2c2ccccc2)cc1. The number of carbonyl (C=O) groups is 2. The second-order valence-electron chi connectivity index (χ2n) is 6.99. The molecule has 0 aromatic heterocycles. The minimum atomic E-state index is -0.377. The number of amides is 2. The van der Waals surface area contributed by atoms with Gasteiger partial charge in [0.2, 0.25) is 11.8 Å². The van der Waals surface area contributed by atoms with Crippen LogP contribution in [0.5, 0.6) is 5.75 Å². The Hall–Kier alpha value is -2.80. The van der Waals surface area contributed by atoms with Crippen molar-refractivity contribution in [3.05, 3.63) is 60.2 Å². The molecule has 0 spiro atoms. The summed E-state index contributed by atoms with van der Waals surface area (Å²) < 4.78 is 5.25. The topological polar surface area (TPSA) is 71.0 Å². The Bertz CT molecular complexity index is 915. The lowest BCUT2D eigenvalue weighted by Gasteiger charge is -2.40. The predicted molar refractivity (Wildman–Crippen MR) is 115 cm³/mol. The van der Waals surface area contributed by atoms with Gasteiger partial charge in [0, 0.05) is 17.9 Å². The molecular weight excluding hydrogens is 386 g/mol. The number of amidine groups is 1. The van der Waals surface area contributed by atoms with Gasteiger partial charge in [0.05, 0.1) is 25.6 Å². The maximum atomic E-state index is 13.2. The van der Waals surface area contributed by atoms with E-state index in [1.165, 1.54) is 0 Å². The van der Waals surface area contributed by atoms with Crippen LogP contribution in [0.4, 0.5) is 5.69 Å². The highest BCUT2D eigenvalue weighted by molar-refractivity contribution is 8.14. The van der Waals surface area contributed by atoms with Gasteiger partial charge in [-0.25, -0.2) is 0 Å². The molecule has 0 aliphatic carbocycles. The summed E-state index contributed by atoms with van der Waals surface area (Å²) in [5.74, 6) is 1.18. The van der Waals surface area contributed by atoms with Gasteiger partial charge < -0.3 is 15.0 Å². The highest BCUT2D eigenvalue weighted by Gasteiger charge is 2.41. The highest BCUT2D eigenvalue weighted by Crippen LogP contribution is 2.40. The number of nitrogens with one attached hydrogen (secondary N) is 1. The normalized spacial score (nSPS) is 21.6. The van der Waals surface area contributed by atoms with Gasteiger partial charge in [-0.05, 0) is 36.2 Å². The molecule has 2 aliphatic heterocycles. The molecule has 2 atom stereocenters. The Morgan fingerprint density at radius 2 is 1.93 bits per heavy atom. The predicted octanol–water partition coefficient (Wildman–Crippen LogP) is 3.40. The van der Waals surface area contributed by atoms with Crippen LogP contribution in [-0.4, -0.2) is 36.4 Å². The van der Waals surface area contributed by atoms with Crippen molar-refractivity contribution in [2.24, 2.45) is 10.9 Å². The van der Waals surface area contributed by atoms with E-state index in [0.29, 0.717) is 18.0 Å². The van der Waals surface area contributed by atoms with E-state index in [2.05, 4.69) is 10.3 Å². The lowest BCUT2D eigenvalue weighted by Crippen LogP contribution is -2.49. The number of rotatable bonds is 4. The zero-order valence-corrected chi connectivity index (χ0v) is 17.0. The Morgan fingerprint density at radius 1 is 1.17 bits per heavy atom. The maximum absolute atomic E-state index is 13.2. The third kappa shape index (κ3) is 4.15. The van der Waals surface area contributed by atoms with E-state index in [1.807, 2.05) is 54.6 Å². The number of hydrogen-bond acceptors (Lipinski definition) is 5. The van der Waals surface area contributed by atoms with E-state index >= 15 is 0 Å². The molecule has 150 valence electrons. The number of aliphatic imine (C=N–C) groups is 1. The van der Waals surface area contributed by atoms with Crippen molar-refractivity contribution < 1.29 is 14.3 Å². The van der Waals surface area contributed by atoms with Crippen molar-refractivity contribution in [1.29, 1.82) is 0 Å². The first-order valence-electron chi connectivity index (χ1n) is 9.66. The first kappa shape index (κ1) is 19.5. The van der Waals surface area contributed by atoms with E-state index in [0.717, 1.165) is 29.3 Å². The molecule has 29 heavy (non-hydrogen) atoms. The highest BCUT2D eigenvalue weighted by atomic mass is 32.2. The lowest BCUT2D eigenvalue weighted by molar-refractivity contribution is -0.128. The molecule has 1 fully saturated rings. The first-order valence-corrected chi connectivity index (χ1v) is 10.6. The molecule has 4 rings (SSSR count). The Morgan fingerprint density at radius 3 is 2.59 bits per heavy atom. The van der Waals surface area contributed by atoms with Crippen molar-refractivity contribution in [3.8, 4) is 5.75 Å². The van der Waals surface area contributed by atoms with Crippen LogP contribution in [0.3, 0.4) is 0 Å². The number of hydrogen-bond donors (Lipinski definition) is 1. The van der Waals surface area contributed by atoms with Crippen LogP contribution in [-0.2, 0) is 9.59 Å². The molecule has 7 heteroatoms. The number of nitrogens with zero attached hydrogens (tertiary/aromatic N) is 2. The zero-order valence-electron chi connectivity index (χ0n) is 16.2. The summed E-state index contributed by atoms with van der Waals surface area (Å²) in [4.78, 5) is 32.2. The summed E-state index contributed by atoms with van der Waals surface area (Å²) in [5.41, 5.74) is 1.70. The summed E-state index contributed by atoms with van der Waals surface area (Å²) in [7, 11) is 1.61. The van der Waals surface area contributed by atoms with Gasteiger partial charge in [0.25, 0.3) is 0 Å². The van der Waals surface area contributed by atoms with Crippen molar-refractivity contribution >= 4 is 34.4 Å². The fourth-order valence-electron chi connectivity index (χ4n) is 3.85. The monoisotopic (exact) mass is 409 g/mol. The van der Waals surface area contributed by atoms with Crippen LogP contribution in [0.1, 0.15) is 24.4 Å². The van der Waals surface area contributed by atoms with E-state index in [-0.39, 0.29) is 23.8 Å². The van der Waals surface area contributed by atoms with E-state index < -0.39 is 0 Å². The van der Waals surface area contributed by atoms with E-state index in [1.54, 1.807) is 23.8 Å². The number of anilines is 1. The van der Waals surface area contributed by atoms with Gasteiger partial charge in [-0.2, -0.15) is 0 Å². The smallest absolute Gasteiger partial charge is 0.231 e. The van der Waals surface area contributed by atoms with Crippen LogP contribution in [0, 0.1) is 5.92 Å². The van der Waals surface area contributed by atoms with Crippen LogP contribution in [0.2, 0.25) is 0 Å². The second kappa shape index (κ2) is 8.69. The van der Waals surface area contributed by atoms with Crippen LogP contribution in [0.15, 0.2) is 59.6 Å². The van der Waals surface area contributed by atoms with Crippen molar-refractivity contribution in [3.63, 3.8) is 0 Å². The summed E-state index contributed by atoms with van der Waals surface area (Å²) in [6, 6.07) is 16.8. The average molecular weight is 410 g/mol. The van der Waals surface area contributed by atoms with Gasteiger partial charge in [0.1, 0.15) is 5.75 Å². The number of piperidine rings is 1. The van der Waals surface area contributed by atoms with Crippen molar-refractivity contribution in [2.75, 3.05) is 24.3 Å². The fraction of sp³-hybridized carbons (Fsp3) is 0.318. The largest absolute Gasteiger partial charge is 0.497 e. The number of thioether (sulfide) groups is 1. The third-order valence-electron chi connectivity index (χ3n) is 5.24. The zero-order chi connectivity index (χ0) is 20.2. The molecule has 0 saturated carbocycles. The molecule has 2 aromatic carbocycles. The van der Waals surface area contributed by atoms with Crippen LogP contribution in [0.25, 0.3) is 0 Å². The molecule has 1 saturated heterocycles. The van der Waals surface area contributed by atoms with Gasteiger partial charge in [-0.15, -0.1) is 0 Å². The van der Waals surface area contributed by atoms with Crippen molar-refractivity contribution in [1.82, 2.24) is 5.32 Å². The lowest BCUT2D eigenvalue weighted by atomic mass is 9.83. The van der Waals surface area contributed by atoms with Gasteiger partial charge in [-0.3, -0.25) is 14.6 Å². The third-order valence-corrected chi connectivity index (χ3v) is 6.13. The number of carbonyl (C=O) groups excluding carboxylic acids is 2. The minimum Gasteiger partial charge on any atom is -0.497 e.